The highest BCUT2D eigenvalue weighted by Gasteiger charge is 2.23. The molecule has 106 valence electrons. The lowest BCUT2D eigenvalue weighted by Crippen LogP contribution is -2.21. The highest BCUT2D eigenvalue weighted by Crippen LogP contribution is 2.31. The van der Waals surface area contributed by atoms with Crippen LogP contribution in [0, 0.1) is 6.92 Å². The van der Waals surface area contributed by atoms with Gasteiger partial charge in [-0.05, 0) is 31.2 Å². The molecule has 1 aromatic heterocycles. The normalized spacial score (nSPS) is 11.8. The average molecular weight is 291 g/mol. The maximum atomic E-state index is 12.0. The van der Waals surface area contributed by atoms with Crippen molar-refractivity contribution in [1.29, 1.82) is 0 Å². The van der Waals surface area contributed by atoms with E-state index in [1.54, 1.807) is 18.4 Å². The summed E-state index contributed by atoms with van der Waals surface area (Å²) >= 11 is 1.57. The first-order chi connectivity index (χ1) is 9.65. The largest absolute Gasteiger partial charge is 0.495 e. The number of para-hydroxylation sites is 2. The van der Waals surface area contributed by atoms with Gasteiger partial charge in [-0.3, -0.25) is 0 Å². The van der Waals surface area contributed by atoms with E-state index in [9.17, 15) is 4.79 Å². The lowest BCUT2D eigenvalue weighted by molar-refractivity contribution is -0.141. The number of hydrogen-bond donors (Lipinski definition) is 1. The van der Waals surface area contributed by atoms with Crippen LogP contribution < -0.4 is 10.1 Å². The van der Waals surface area contributed by atoms with Crippen LogP contribution in [0.4, 0.5) is 5.69 Å². The van der Waals surface area contributed by atoms with E-state index in [0.29, 0.717) is 5.75 Å². The van der Waals surface area contributed by atoms with Crippen LogP contribution in [0.1, 0.15) is 15.8 Å². The number of carbonyl (C=O) groups is 1. The van der Waals surface area contributed by atoms with E-state index in [0.717, 1.165) is 15.4 Å². The van der Waals surface area contributed by atoms with E-state index in [2.05, 4.69) is 5.32 Å². The summed E-state index contributed by atoms with van der Waals surface area (Å²) in [6.07, 6.45) is 0. The van der Waals surface area contributed by atoms with Crippen LogP contribution in [0.5, 0.6) is 5.75 Å². The number of benzene rings is 1. The number of ether oxygens (including phenoxy) is 2. The fourth-order valence-corrected chi connectivity index (χ4v) is 2.81. The third-order valence-electron chi connectivity index (χ3n) is 2.89. The molecule has 2 aromatic rings. The Labute approximate surface area is 122 Å². The highest BCUT2D eigenvalue weighted by molar-refractivity contribution is 7.12. The SMILES string of the molecule is COC(=O)C(Nc1ccccc1OC)c1ccc(C)s1. The monoisotopic (exact) mass is 291 g/mol. The Bertz CT molecular complexity index is 594. The first kappa shape index (κ1) is 14.4. The van der Waals surface area contributed by atoms with Crippen molar-refractivity contribution >= 4 is 23.0 Å². The third kappa shape index (κ3) is 3.11. The van der Waals surface area contributed by atoms with Gasteiger partial charge in [0.25, 0.3) is 0 Å². The van der Waals surface area contributed by atoms with Gasteiger partial charge in [0.1, 0.15) is 5.75 Å². The molecule has 0 fully saturated rings. The summed E-state index contributed by atoms with van der Waals surface area (Å²) in [5.41, 5.74) is 0.761. The Morgan fingerprint density at radius 3 is 2.55 bits per heavy atom. The van der Waals surface area contributed by atoms with E-state index < -0.39 is 6.04 Å². The molecule has 2 rings (SSSR count). The Morgan fingerprint density at radius 1 is 1.20 bits per heavy atom. The van der Waals surface area contributed by atoms with Gasteiger partial charge >= 0.3 is 5.97 Å². The quantitative estimate of drug-likeness (QED) is 0.858. The second kappa shape index (κ2) is 6.43. The predicted octanol–water partition coefficient (Wildman–Crippen LogP) is 3.39. The molecule has 0 aliphatic heterocycles. The molecule has 1 aromatic carbocycles. The second-order valence-electron chi connectivity index (χ2n) is 4.25. The highest BCUT2D eigenvalue weighted by atomic mass is 32.1. The van der Waals surface area contributed by atoms with Crippen LogP contribution in [-0.2, 0) is 9.53 Å². The average Bonchev–Trinajstić information content (AvgIpc) is 2.90. The lowest BCUT2D eigenvalue weighted by atomic mass is 10.2. The summed E-state index contributed by atoms with van der Waals surface area (Å²) in [7, 11) is 2.99. The van der Waals surface area contributed by atoms with Crippen molar-refractivity contribution in [2.75, 3.05) is 19.5 Å². The summed E-state index contributed by atoms with van der Waals surface area (Å²) in [4.78, 5) is 14.1. The van der Waals surface area contributed by atoms with Crippen molar-refractivity contribution in [3.63, 3.8) is 0 Å². The number of carbonyl (C=O) groups excluding carboxylic acids is 1. The van der Waals surface area contributed by atoms with Crippen LogP contribution >= 0.6 is 11.3 Å². The molecular weight excluding hydrogens is 274 g/mol. The minimum atomic E-state index is -0.532. The van der Waals surface area contributed by atoms with Crippen LogP contribution in [0.2, 0.25) is 0 Å². The fraction of sp³-hybridized carbons (Fsp3) is 0.267. The Kier molecular flexibility index (Phi) is 4.63. The molecule has 1 heterocycles. The maximum absolute atomic E-state index is 12.0. The molecule has 20 heavy (non-hydrogen) atoms. The summed E-state index contributed by atoms with van der Waals surface area (Å²) in [6.45, 7) is 2.01. The van der Waals surface area contributed by atoms with Crippen molar-refractivity contribution in [3.8, 4) is 5.75 Å². The second-order valence-corrected chi connectivity index (χ2v) is 5.57. The third-order valence-corrected chi connectivity index (χ3v) is 3.95. The standard InChI is InChI=1S/C15H17NO3S/c1-10-8-9-13(20-10)14(15(17)19-3)16-11-6-4-5-7-12(11)18-2/h4-9,14,16H,1-3H3. The number of esters is 1. The molecule has 0 aliphatic rings. The molecule has 1 atom stereocenters. The van der Waals surface area contributed by atoms with Crippen LogP contribution in [0.25, 0.3) is 0 Å². The number of aryl methyl sites for hydroxylation is 1. The molecule has 0 radical (unpaired) electrons. The molecule has 1 unspecified atom stereocenters. The topological polar surface area (TPSA) is 47.6 Å². The zero-order chi connectivity index (χ0) is 14.5. The van der Waals surface area contributed by atoms with Gasteiger partial charge in [-0.15, -0.1) is 11.3 Å². The summed E-state index contributed by atoms with van der Waals surface area (Å²) in [5, 5.41) is 3.19. The van der Waals surface area contributed by atoms with Crippen molar-refractivity contribution in [3.05, 3.63) is 46.2 Å². The minimum Gasteiger partial charge on any atom is -0.495 e. The molecular formula is C15H17NO3S. The smallest absolute Gasteiger partial charge is 0.333 e. The number of methoxy groups -OCH3 is 2. The number of thiophene rings is 1. The van der Waals surface area contributed by atoms with E-state index in [-0.39, 0.29) is 5.97 Å². The van der Waals surface area contributed by atoms with E-state index in [1.807, 2.05) is 43.3 Å². The van der Waals surface area contributed by atoms with Gasteiger partial charge < -0.3 is 14.8 Å². The lowest BCUT2D eigenvalue weighted by Gasteiger charge is -2.18. The Morgan fingerprint density at radius 2 is 1.95 bits per heavy atom. The molecule has 5 heteroatoms. The van der Waals surface area contributed by atoms with Crippen LogP contribution in [0.3, 0.4) is 0 Å². The number of anilines is 1. The first-order valence-electron chi connectivity index (χ1n) is 6.19. The zero-order valence-corrected chi connectivity index (χ0v) is 12.5. The first-order valence-corrected chi connectivity index (χ1v) is 7.01. The number of rotatable bonds is 5. The van der Waals surface area contributed by atoms with Gasteiger partial charge in [0, 0.05) is 9.75 Å². The van der Waals surface area contributed by atoms with Crippen LogP contribution in [-0.4, -0.2) is 20.2 Å². The molecule has 0 spiro atoms. The van der Waals surface area contributed by atoms with Crippen molar-refractivity contribution in [2.45, 2.75) is 13.0 Å². The molecule has 0 saturated carbocycles. The minimum absolute atomic E-state index is 0.322. The van der Waals surface area contributed by atoms with Crippen molar-refractivity contribution in [2.24, 2.45) is 0 Å². The summed E-state index contributed by atoms with van der Waals surface area (Å²) < 4.78 is 10.2. The Hall–Kier alpha value is -2.01. The van der Waals surface area contributed by atoms with Crippen LogP contribution in [0.15, 0.2) is 36.4 Å². The molecule has 0 aliphatic carbocycles. The van der Waals surface area contributed by atoms with Gasteiger partial charge in [0.2, 0.25) is 0 Å². The van der Waals surface area contributed by atoms with Crippen molar-refractivity contribution in [1.82, 2.24) is 0 Å². The molecule has 0 saturated heterocycles. The Balaban J connectivity index is 2.31. The predicted molar refractivity (Wildman–Crippen MR) is 80.4 cm³/mol. The van der Waals surface area contributed by atoms with E-state index in [1.165, 1.54) is 7.11 Å². The zero-order valence-electron chi connectivity index (χ0n) is 11.7. The molecule has 4 nitrogen and oxygen atoms in total. The summed E-state index contributed by atoms with van der Waals surface area (Å²) in [6, 6.07) is 10.9. The number of hydrogen-bond acceptors (Lipinski definition) is 5. The van der Waals surface area contributed by atoms with E-state index in [4.69, 9.17) is 9.47 Å². The molecule has 0 amide bonds. The van der Waals surface area contributed by atoms with Crippen molar-refractivity contribution < 1.29 is 14.3 Å². The number of nitrogens with one attached hydrogen (secondary N) is 1. The maximum Gasteiger partial charge on any atom is 0.333 e. The molecule has 1 N–H and O–H groups in total. The fourth-order valence-electron chi connectivity index (χ4n) is 1.89. The van der Waals surface area contributed by atoms with Gasteiger partial charge in [0.05, 0.1) is 19.9 Å². The van der Waals surface area contributed by atoms with Gasteiger partial charge in [-0.1, -0.05) is 12.1 Å². The summed E-state index contributed by atoms with van der Waals surface area (Å²) in [5.74, 6) is 0.368. The van der Waals surface area contributed by atoms with Gasteiger partial charge in [-0.2, -0.15) is 0 Å². The van der Waals surface area contributed by atoms with E-state index >= 15 is 0 Å². The van der Waals surface area contributed by atoms with Gasteiger partial charge in [0.15, 0.2) is 6.04 Å². The molecule has 0 bridgehead atoms. The van der Waals surface area contributed by atoms with Gasteiger partial charge in [-0.25, -0.2) is 4.79 Å².